The second kappa shape index (κ2) is 2.19. The van der Waals surface area contributed by atoms with Crippen molar-refractivity contribution in [2.75, 3.05) is 0 Å². The van der Waals surface area contributed by atoms with E-state index < -0.39 is 17.4 Å². The summed E-state index contributed by atoms with van der Waals surface area (Å²) < 4.78 is 9.53. The lowest BCUT2D eigenvalue weighted by atomic mass is 9.88. The molecule has 3 heteroatoms. The molecule has 2 atom stereocenters. The summed E-state index contributed by atoms with van der Waals surface area (Å²) in [6, 6.07) is 0. The van der Waals surface area contributed by atoms with E-state index in [2.05, 4.69) is 11.8 Å². The van der Waals surface area contributed by atoms with E-state index in [0.717, 1.165) is 0 Å². The summed E-state index contributed by atoms with van der Waals surface area (Å²) in [6.45, 7) is 3.08. The molecule has 1 aliphatic rings. The predicted molar refractivity (Wildman–Crippen MR) is 42.0 cm³/mol. The standard InChI is InChI=1S/C9H8O3/c1-5-8(3)9(4,6-2)12-7(10)11-8/h1-2H,3-4H3/t8-,9+. The lowest BCUT2D eigenvalue weighted by Crippen LogP contribution is -2.44. The summed E-state index contributed by atoms with van der Waals surface area (Å²) in [7, 11) is 0. The molecule has 0 N–H and O–H groups in total. The number of rotatable bonds is 0. The van der Waals surface area contributed by atoms with Crippen LogP contribution in [-0.4, -0.2) is 17.4 Å². The number of terminal acetylenes is 2. The molecule has 0 aliphatic carbocycles. The molecule has 0 saturated carbocycles. The lowest BCUT2D eigenvalue weighted by Gasteiger charge is -2.25. The van der Waals surface area contributed by atoms with E-state index in [1.807, 2.05) is 0 Å². The van der Waals surface area contributed by atoms with Crippen LogP contribution in [0.1, 0.15) is 13.8 Å². The fourth-order valence-corrected chi connectivity index (χ4v) is 0.883. The first kappa shape index (κ1) is 8.49. The SMILES string of the molecule is C#C[C@@]1(C)OC(=O)O[C@@]1(C)C#C. The van der Waals surface area contributed by atoms with E-state index in [1.54, 1.807) is 0 Å². The zero-order chi connectivity index (χ0) is 9.41. The molecule has 0 radical (unpaired) electrons. The van der Waals surface area contributed by atoms with E-state index in [-0.39, 0.29) is 0 Å². The Kier molecular flexibility index (Phi) is 1.55. The number of carbonyl (C=O) groups excluding carboxylic acids is 1. The van der Waals surface area contributed by atoms with Gasteiger partial charge in [-0.2, -0.15) is 0 Å². The van der Waals surface area contributed by atoms with Crippen molar-refractivity contribution >= 4 is 6.16 Å². The third kappa shape index (κ3) is 0.838. The van der Waals surface area contributed by atoms with Crippen LogP contribution >= 0.6 is 0 Å². The fraction of sp³-hybridized carbons (Fsp3) is 0.444. The smallest absolute Gasteiger partial charge is 0.409 e. The van der Waals surface area contributed by atoms with Gasteiger partial charge in [0.05, 0.1) is 0 Å². The van der Waals surface area contributed by atoms with Crippen LogP contribution in [0.2, 0.25) is 0 Å². The summed E-state index contributed by atoms with van der Waals surface area (Å²) in [6.07, 6.45) is 9.53. The monoisotopic (exact) mass is 164 g/mol. The minimum Gasteiger partial charge on any atom is -0.409 e. The van der Waals surface area contributed by atoms with Crippen LogP contribution < -0.4 is 0 Å². The molecule has 1 saturated heterocycles. The average molecular weight is 164 g/mol. The Morgan fingerprint density at radius 3 is 1.75 bits per heavy atom. The Bertz CT molecular complexity index is 277. The van der Waals surface area contributed by atoms with Gasteiger partial charge in [-0.15, -0.1) is 12.8 Å². The molecule has 1 fully saturated rings. The maximum absolute atomic E-state index is 10.8. The van der Waals surface area contributed by atoms with Crippen molar-refractivity contribution in [1.82, 2.24) is 0 Å². The Morgan fingerprint density at radius 1 is 1.17 bits per heavy atom. The second-order valence-corrected chi connectivity index (χ2v) is 2.81. The highest BCUT2D eigenvalue weighted by atomic mass is 16.8. The molecule has 12 heavy (non-hydrogen) atoms. The van der Waals surface area contributed by atoms with Gasteiger partial charge >= 0.3 is 6.16 Å². The molecule has 0 spiro atoms. The van der Waals surface area contributed by atoms with E-state index in [1.165, 1.54) is 13.8 Å². The molecule has 62 valence electrons. The van der Waals surface area contributed by atoms with E-state index in [4.69, 9.17) is 22.3 Å². The van der Waals surface area contributed by atoms with Gasteiger partial charge in [0.25, 0.3) is 0 Å². The molecule has 0 amide bonds. The van der Waals surface area contributed by atoms with Gasteiger partial charge in [0.2, 0.25) is 11.2 Å². The second-order valence-electron chi connectivity index (χ2n) is 2.81. The van der Waals surface area contributed by atoms with E-state index in [9.17, 15) is 4.79 Å². The number of ether oxygens (including phenoxy) is 2. The van der Waals surface area contributed by atoms with Gasteiger partial charge in [-0.05, 0) is 13.8 Å². The highest BCUT2D eigenvalue weighted by molar-refractivity contribution is 5.67. The van der Waals surface area contributed by atoms with Crippen LogP contribution in [-0.2, 0) is 9.47 Å². The van der Waals surface area contributed by atoms with Gasteiger partial charge in [0.15, 0.2) is 0 Å². The van der Waals surface area contributed by atoms with Crippen molar-refractivity contribution in [3.8, 4) is 24.7 Å². The van der Waals surface area contributed by atoms with Crippen molar-refractivity contribution in [1.29, 1.82) is 0 Å². The maximum Gasteiger partial charge on any atom is 0.511 e. The topological polar surface area (TPSA) is 35.5 Å². The molecular weight excluding hydrogens is 156 g/mol. The Hall–Kier alpha value is -1.61. The normalized spacial score (nSPS) is 39.2. The van der Waals surface area contributed by atoms with Crippen molar-refractivity contribution in [2.45, 2.75) is 25.0 Å². The first-order valence-electron chi connectivity index (χ1n) is 3.35. The van der Waals surface area contributed by atoms with Crippen molar-refractivity contribution in [3.05, 3.63) is 0 Å². The van der Waals surface area contributed by atoms with E-state index in [0.29, 0.717) is 0 Å². The van der Waals surface area contributed by atoms with Gasteiger partial charge in [0, 0.05) is 0 Å². The van der Waals surface area contributed by atoms with Gasteiger partial charge < -0.3 is 9.47 Å². The molecule has 1 heterocycles. The highest BCUT2D eigenvalue weighted by Crippen LogP contribution is 2.35. The predicted octanol–water partition coefficient (Wildman–Crippen LogP) is 0.937. The molecule has 0 aromatic carbocycles. The van der Waals surface area contributed by atoms with Gasteiger partial charge in [-0.3, -0.25) is 0 Å². The van der Waals surface area contributed by atoms with Crippen LogP contribution in [0.25, 0.3) is 0 Å². The summed E-state index contributed by atoms with van der Waals surface area (Å²) in [5.74, 6) is 4.60. The lowest BCUT2D eigenvalue weighted by molar-refractivity contribution is 0.0695. The summed E-state index contributed by atoms with van der Waals surface area (Å²) in [5, 5.41) is 0. The van der Waals surface area contributed by atoms with Gasteiger partial charge in [0.1, 0.15) is 0 Å². The zero-order valence-electron chi connectivity index (χ0n) is 6.88. The van der Waals surface area contributed by atoms with Gasteiger partial charge in [-0.25, -0.2) is 4.79 Å². The molecule has 0 bridgehead atoms. The molecule has 1 rings (SSSR count). The number of cyclic esters (lactones) is 2. The van der Waals surface area contributed by atoms with Crippen LogP contribution in [0.4, 0.5) is 4.79 Å². The number of hydrogen-bond donors (Lipinski definition) is 0. The Labute approximate surface area is 71.0 Å². The van der Waals surface area contributed by atoms with Gasteiger partial charge in [-0.1, -0.05) is 11.8 Å². The highest BCUT2D eigenvalue weighted by Gasteiger charge is 2.55. The van der Waals surface area contributed by atoms with Crippen molar-refractivity contribution in [2.24, 2.45) is 0 Å². The van der Waals surface area contributed by atoms with Crippen molar-refractivity contribution in [3.63, 3.8) is 0 Å². The average Bonchev–Trinajstić information content (AvgIpc) is 2.25. The quantitative estimate of drug-likeness (QED) is 0.395. The maximum atomic E-state index is 10.8. The van der Waals surface area contributed by atoms with Crippen LogP contribution in [0, 0.1) is 24.7 Å². The first-order chi connectivity index (χ1) is 5.47. The zero-order valence-corrected chi connectivity index (χ0v) is 6.88. The Balaban J connectivity index is 3.14. The van der Waals surface area contributed by atoms with Crippen LogP contribution in [0.15, 0.2) is 0 Å². The van der Waals surface area contributed by atoms with Crippen molar-refractivity contribution < 1.29 is 14.3 Å². The molecule has 3 nitrogen and oxygen atoms in total. The Morgan fingerprint density at radius 2 is 1.50 bits per heavy atom. The summed E-state index contributed by atoms with van der Waals surface area (Å²) in [4.78, 5) is 10.8. The molecule has 0 aromatic heterocycles. The van der Waals surface area contributed by atoms with Crippen LogP contribution in [0.3, 0.4) is 0 Å². The number of carbonyl (C=O) groups is 1. The largest absolute Gasteiger partial charge is 0.511 e. The third-order valence-corrected chi connectivity index (χ3v) is 2.04. The number of hydrogen-bond acceptors (Lipinski definition) is 3. The fourth-order valence-electron chi connectivity index (χ4n) is 0.883. The molecule has 0 aromatic rings. The first-order valence-corrected chi connectivity index (χ1v) is 3.35. The summed E-state index contributed by atoms with van der Waals surface area (Å²) in [5.41, 5.74) is -2.34. The van der Waals surface area contributed by atoms with E-state index >= 15 is 0 Å². The minimum atomic E-state index is -1.17. The van der Waals surface area contributed by atoms with Crippen LogP contribution in [0.5, 0.6) is 0 Å². The third-order valence-electron chi connectivity index (χ3n) is 2.04. The molecule has 1 aliphatic heterocycles. The minimum absolute atomic E-state index is 0.823. The molecule has 0 unspecified atom stereocenters. The molecular formula is C9H8O3. The summed E-state index contributed by atoms with van der Waals surface area (Å²) >= 11 is 0.